The molecule has 0 rings (SSSR count). The number of aliphatic hydroxyl groups is 2. The first-order valence-corrected chi connectivity index (χ1v) is 12.5. The Labute approximate surface area is 222 Å². The van der Waals surface area contributed by atoms with Gasteiger partial charge in [0.2, 0.25) is 17.7 Å². The fraction of sp³-hybridized carbons (Fsp3) is 0.762. The topological polar surface area (TPSA) is 217 Å². The Hall–Kier alpha value is -2.07. The zero-order valence-electron chi connectivity index (χ0n) is 20.9. The summed E-state index contributed by atoms with van der Waals surface area (Å²) in [4.78, 5) is 56.0. The van der Waals surface area contributed by atoms with Crippen LogP contribution in [0.4, 0.5) is 0 Å². The molecule has 0 aromatic carbocycles. The molecule has 15 heteroatoms. The van der Waals surface area contributed by atoms with Crippen LogP contribution in [0, 0.1) is 5.41 Å². The number of hydrogen-bond acceptors (Lipinski definition) is 11. The van der Waals surface area contributed by atoms with Crippen LogP contribution in [0.1, 0.15) is 40.0 Å². The highest BCUT2D eigenvalue weighted by atomic mass is 32.1. The molecular formula is C21H40N4O9S2. The van der Waals surface area contributed by atoms with E-state index in [1.807, 2.05) is 0 Å². The Morgan fingerprint density at radius 2 is 1.64 bits per heavy atom. The molecule has 0 bridgehead atoms. The highest BCUT2D eigenvalue weighted by Gasteiger charge is 2.32. The molecule has 0 aliphatic rings. The third-order valence-electron chi connectivity index (χ3n) is 4.57. The van der Waals surface area contributed by atoms with Crippen molar-refractivity contribution in [3.05, 3.63) is 0 Å². The van der Waals surface area contributed by atoms with Gasteiger partial charge in [0.1, 0.15) is 18.2 Å². The molecule has 0 fully saturated rings. The molecule has 13 nitrogen and oxygen atoms in total. The summed E-state index contributed by atoms with van der Waals surface area (Å²) < 4.78 is 4.74. The maximum atomic E-state index is 11.5. The minimum atomic E-state index is -1.30. The Balaban J connectivity index is 0. The van der Waals surface area contributed by atoms with E-state index in [2.05, 4.69) is 41.2 Å². The maximum Gasteiger partial charge on any atom is 0.329 e. The van der Waals surface area contributed by atoms with Gasteiger partial charge in [0.05, 0.1) is 13.2 Å². The van der Waals surface area contributed by atoms with Crippen molar-refractivity contribution in [3.8, 4) is 0 Å². The van der Waals surface area contributed by atoms with Gasteiger partial charge in [-0.1, -0.05) is 13.8 Å². The standard InChI is InChI=1S/C11H22N2O4S.C10H18N2O5S/c1-11(2,7-14)9(16)10(17)13-4-3-8(15)12-5-6-18;1-2-17-10(16)7(5-18)12-8(13)4-3-6(11)9(14)15/h9,14,16,18H,3-7H2,1-2H3,(H,12,15)(H,13,17);6-7,18H,2-5,11H2,1H3,(H,12,13)(H,14,15). The van der Waals surface area contributed by atoms with E-state index >= 15 is 0 Å². The largest absolute Gasteiger partial charge is 0.480 e. The van der Waals surface area contributed by atoms with Gasteiger partial charge in [0.25, 0.3) is 0 Å². The molecule has 0 aliphatic heterocycles. The molecule has 0 saturated carbocycles. The number of rotatable bonds is 16. The first kappa shape index (κ1) is 36.1. The summed E-state index contributed by atoms with van der Waals surface area (Å²) in [5.41, 5.74) is 4.34. The summed E-state index contributed by atoms with van der Waals surface area (Å²) in [6, 6.07) is -1.92. The number of aliphatic hydroxyl groups excluding tert-OH is 2. The molecule has 0 heterocycles. The summed E-state index contributed by atoms with van der Waals surface area (Å²) >= 11 is 7.88. The lowest BCUT2D eigenvalue weighted by Gasteiger charge is -2.27. The van der Waals surface area contributed by atoms with Crippen molar-refractivity contribution in [1.29, 1.82) is 0 Å². The van der Waals surface area contributed by atoms with Crippen LogP contribution < -0.4 is 21.7 Å². The number of hydrogen-bond donors (Lipinski definition) is 9. The van der Waals surface area contributed by atoms with E-state index in [1.165, 1.54) is 0 Å². The monoisotopic (exact) mass is 556 g/mol. The fourth-order valence-corrected chi connectivity index (χ4v) is 2.57. The average Bonchev–Trinajstić information content (AvgIpc) is 2.84. The predicted molar refractivity (Wildman–Crippen MR) is 139 cm³/mol. The van der Waals surface area contributed by atoms with Gasteiger partial charge in [-0.3, -0.25) is 19.2 Å². The number of ether oxygens (including phenoxy) is 1. The molecule has 0 spiro atoms. The van der Waals surface area contributed by atoms with Gasteiger partial charge in [0, 0.05) is 42.9 Å². The lowest BCUT2D eigenvalue weighted by Crippen LogP contribution is -2.46. The number of amides is 3. The molecule has 3 atom stereocenters. The number of nitrogens with one attached hydrogen (secondary N) is 3. The highest BCUT2D eigenvalue weighted by molar-refractivity contribution is 7.80. The number of nitrogens with two attached hydrogens (primary N) is 1. The van der Waals surface area contributed by atoms with Crippen LogP contribution in [0.2, 0.25) is 0 Å². The second-order valence-corrected chi connectivity index (χ2v) is 9.01. The van der Waals surface area contributed by atoms with Crippen LogP contribution in [-0.4, -0.2) is 101 Å². The van der Waals surface area contributed by atoms with Gasteiger partial charge in [-0.25, -0.2) is 4.79 Å². The normalized spacial score (nSPS) is 13.2. The maximum absolute atomic E-state index is 11.5. The summed E-state index contributed by atoms with van der Waals surface area (Å²) in [5.74, 6) is -2.30. The highest BCUT2D eigenvalue weighted by Crippen LogP contribution is 2.19. The lowest BCUT2D eigenvalue weighted by atomic mass is 9.87. The third-order valence-corrected chi connectivity index (χ3v) is 5.16. The van der Waals surface area contributed by atoms with E-state index in [-0.39, 0.29) is 50.7 Å². The number of carbonyl (C=O) groups excluding carboxylic acids is 4. The van der Waals surface area contributed by atoms with Crippen molar-refractivity contribution in [2.75, 3.05) is 37.8 Å². The first-order chi connectivity index (χ1) is 16.8. The van der Waals surface area contributed by atoms with E-state index in [9.17, 15) is 29.1 Å². The average molecular weight is 557 g/mol. The quantitative estimate of drug-likeness (QED) is 0.0758. The van der Waals surface area contributed by atoms with Crippen molar-refractivity contribution in [3.63, 3.8) is 0 Å². The zero-order chi connectivity index (χ0) is 28.3. The summed E-state index contributed by atoms with van der Waals surface area (Å²) in [7, 11) is 0. The van der Waals surface area contributed by atoms with Crippen LogP contribution in [0.5, 0.6) is 0 Å². The summed E-state index contributed by atoms with van der Waals surface area (Å²) in [5, 5.41) is 34.7. The van der Waals surface area contributed by atoms with Gasteiger partial charge < -0.3 is 41.7 Å². The molecule has 8 N–H and O–H groups in total. The summed E-state index contributed by atoms with van der Waals surface area (Å²) in [6.07, 6.45) is -1.23. The van der Waals surface area contributed by atoms with Crippen LogP contribution in [0.15, 0.2) is 0 Å². The van der Waals surface area contributed by atoms with Crippen LogP contribution in [0.25, 0.3) is 0 Å². The second-order valence-electron chi connectivity index (χ2n) is 8.20. The molecule has 36 heavy (non-hydrogen) atoms. The van der Waals surface area contributed by atoms with Crippen molar-refractivity contribution < 1.29 is 44.0 Å². The second kappa shape index (κ2) is 20.0. The van der Waals surface area contributed by atoms with Crippen molar-refractivity contribution in [2.45, 2.75) is 58.2 Å². The van der Waals surface area contributed by atoms with E-state index in [1.54, 1.807) is 20.8 Å². The minimum Gasteiger partial charge on any atom is -0.480 e. The van der Waals surface area contributed by atoms with E-state index in [0.29, 0.717) is 12.3 Å². The molecule has 0 aliphatic carbocycles. The minimum absolute atomic E-state index is 0.00326. The number of carboxylic acids is 1. The molecular weight excluding hydrogens is 516 g/mol. The van der Waals surface area contributed by atoms with Gasteiger partial charge in [-0.2, -0.15) is 25.3 Å². The number of esters is 1. The molecule has 3 amide bonds. The Bertz CT molecular complexity index is 711. The number of aliphatic carboxylic acids is 1. The number of carboxylic acid groups (broad SMARTS) is 1. The predicted octanol–water partition coefficient (Wildman–Crippen LogP) is -1.93. The molecule has 0 aromatic rings. The van der Waals surface area contributed by atoms with Gasteiger partial charge in [-0.15, -0.1) is 0 Å². The molecule has 210 valence electrons. The van der Waals surface area contributed by atoms with E-state index < -0.39 is 47.4 Å². The van der Waals surface area contributed by atoms with Crippen molar-refractivity contribution in [1.82, 2.24) is 16.0 Å². The zero-order valence-corrected chi connectivity index (χ0v) is 22.6. The smallest absolute Gasteiger partial charge is 0.329 e. The Morgan fingerprint density at radius 1 is 1.03 bits per heavy atom. The Kier molecular flexibility index (Phi) is 20.1. The Morgan fingerprint density at radius 3 is 2.11 bits per heavy atom. The van der Waals surface area contributed by atoms with Gasteiger partial charge in [-0.05, 0) is 13.3 Å². The molecule has 0 aromatic heterocycles. The SMILES string of the molecule is CC(C)(CO)C(O)C(=O)NCCC(=O)NCCS.CCOC(=O)C(CS)NC(=O)CCC(N)C(=O)O. The van der Waals surface area contributed by atoms with Gasteiger partial charge >= 0.3 is 11.9 Å². The number of thiol groups is 2. The molecule has 0 radical (unpaired) electrons. The van der Waals surface area contributed by atoms with Crippen LogP contribution >= 0.6 is 25.3 Å². The molecule has 0 saturated heterocycles. The number of carbonyl (C=O) groups is 5. The first-order valence-electron chi connectivity index (χ1n) is 11.3. The van der Waals surface area contributed by atoms with Gasteiger partial charge in [0.15, 0.2) is 0 Å². The third kappa shape index (κ3) is 16.6. The van der Waals surface area contributed by atoms with Crippen molar-refractivity contribution in [2.24, 2.45) is 11.1 Å². The van der Waals surface area contributed by atoms with E-state index in [0.717, 1.165) is 0 Å². The van der Waals surface area contributed by atoms with Crippen LogP contribution in [0.3, 0.4) is 0 Å². The molecule has 3 unspecified atom stereocenters. The lowest BCUT2D eigenvalue weighted by molar-refractivity contribution is -0.147. The van der Waals surface area contributed by atoms with E-state index in [4.69, 9.17) is 20.7 Å². The van der Waals surface area contributed by atoms with Crippen molar-refractivity contribution >= 4 is 54.9 Å². The fourth-order valence-electron chi connectivity index (χ4n) is 2.22. The van der Waals surface area contributed by atoms with Crippen LogP contribution in [-0.2, 0) is 28.7 Å². The summed E-state index contributed by atoms with van der Waals surface area (Å²) in [6.45, 7) is 5.35.